The van der Waals surface area contributed by atoms with Crippen molar-refractivity contribution >= 4 is 20.7 Å². The first-order chi connectivity index (χ1) is 7.50. The van der Waals surface area contributed by atoms with E-state index in [2.05, 4.69) is 20.8 Å². The maximum absolute atomic E-state index is 10.2. The lowest BCUT2D eigenvalue weighted by atomic mass is 9.93. The van der Waals surface area contributed by atoms with Crippen LogP contribution in [0.1, 0.15) is 25.6 Å². The minimum absolute atomic E-state index is 0.0122. The summed E-state index contributed by atoms with van der Waals surface area (Å²) in [5, 5.41) is 10.2. The SMILES string of the molecule is CC(C)(C)c1s[s+]c(-c2ccccc2)c1O. The van der Waals surface area contributed by atoms with E-state index in [4.69, 9.17) is 0 Å². The van der Waals surface area contributed by atoms with E-state index >= 15 is 0 Å². The van der Waals surface area contributed by atoms with Crippen molar-refractivity contribution in [1.82, 2.24) is 0 Å². The molecule has 16 heavy (non-hydrogen) atoms. The average Bonchev–Trinajstić information content (AvgIpc) is 2.61. The topological polar surface area (TPSA) is 20.2 Å². The van der Waals surface area contributed by atoms with Crippen LogP contribution in [-0.2, 0) is 5.41 Å². The van der Waals surface area contributed by atoms with Crippen molar-refractivity contribution in [2.75, 3.05) is 0 Å². The summed E-state index contributed by atoms with van der Waals surface area (Å²) in [4.78, 5) is 2.05. The molecule has 0 radical (unpaired) electrons. The Balaban J connectivity index is 2.50. The molecule has 0 aliphatic carbocycles. The Kier molecular flexibility index (Phi) is 3.00. The van der Waals surface area contributed by atoms with Gasteiger partial charge in [0.1, 0.15) is 4.88 Å². The van der Waals surface area contributed by atoms with E-state index in [1.54, 1.807) is 20.7 Å². The molecular formula is C13H15OS2+. The molecule has 0 atom stereocenters. The molecule has 1 N–H and O–H groups in total. The van der Waals surface area contributed by atoms with Crippen LogP contribution in [0.3, 0.4) is 0 Å². The van der Waals surface area contributed by atoms with E-state index in [1.807, 2.05) is 30.3 Å². The third-order valence-corrected chi connectivity index (χ3v) is 5.26. The quantitative estimate of drug-likeness (QED) is 0.572. The van der Waals surface area contributed by atoms with E-state index in [1.165, 1.54) is 0 Å². The van der Waals surface area contributed by atoms with Gasteiger partial charge in [-0.25, -0.2) is 0 Å². The Morgan fingerprint density at radius 2 is 1.75 bits per heavy atom. The predicted molar refractivity (Wildman–Crippen MR) is 72.4 cm³/mol. The first-order valence-electron chi connectivity index (χ1n) is 5.21. The smallest absolute Gasteiger partial charge is 0.305 e. The molecule has 2 rings (SSSR count). The highest BCUT2D eigenvalue weighted by Crippen LogP contribution is 2.46. The summed E-state index contributed by atoms with van der Waals surface area (Å²) in [6.45, 7) is 6.38. The zero-order valence-corrected chi connectivity index (χ0v) is 11.3. The lowest BCUT2D eigenvalue weighted by Crippen LogP contribution is -2.08. The Morgan fingerprint density at radius 3 is 2.25 bits per heavy atom. The number of aromatic hydroxyl groups is 1. The van der Waals surface area contributed by atoms with Gasteiger partial charge >= 0.3 is 10.3 Å². The number of benzene rings is 1. The zero-order valence-electron chi connectivity index (χ0n) is 9.65. The first-order valence-corrected chi connectivity index (χ1v) is 7.36. The molecule has 1 heterocycles. The van der Waals surface area contributed by atoms with E-state index in [0.29, 0.717) is 5.75 Å². The fourth-order valence-electron chi connectivity index (χ4n) is 1.52. The second kappa shape index (κ2) is 4.15. The van der Waals surface area contributed by atoms with E-state index in [-0.39, 0.29) is 5.41 Å². The van der Waals surface area contributed by atoms with Gasteiger partial charge in [-0.3, -0.25) is 0 Å². The molecule has 3 heteroatoms. The van der Waals surface area contributed by atoms with Crippen molar-refractivity contribution in [3.63, 3.8) is 0 Å². The van der Waals surface area contributed by atoms with Gasteiger partial charge in [0.25, 0.3) is 4.88 Å². The predicted octanol–water partition coefficient (Wildman–Crippen LogP) is 4.76. The minimum Gasteiger partial charge on any atom is -0.502 e. The highest BCUT2D eigenvalue weighted by Gasteiger charge is 2.31. The lowest BCUT2D eigenvalue weighted by molar-refractivity contribution is 0.456. The Morgan fingerprint density at radius 1 is 1.12 bits per heavy atom. The molecule has 0 bridgehead atoms. The van der Waals surface area contributed by atoms with Crippen molar-refractivity contribution in [2.24, 2.45) is 0 Å². The molecule has 0 aliphatic rings. The molecule has 2 aromatic rings. The molecule has 84 valence electrons. The van der Waals surface area contributed by atoms with Crippen LogP contribution in [0.15, 0.2) is 30.3 Å². The molecular weight excluding hydrogens is 236 g/mol. The summed E-state index contributed by atoms with van der Waals surface area (Å²) in [5.41, 5.74) is 1.11. The van der Waals surface area contributed by atoms with Gasteiger partial charge < -0.3 is 5.11 Å². The van der Waals surface area contributed by atoms with Crippen LogP contribution >= 0.6 is 20.7 Å². The number of hydrogen-bond acceptors (Lipinski definition) is 2. The number of rotatable bonds is 1. The zero-order chi connectivity index (χ0) is 11.8. The number of hydrogen-bond donors (Lipinski definition) is 1. The van der Waals surface area contributed by atoms with Gasteiger partial charge in [-0.05, 0) is 12.1 Å². The van der Waals surface area contributed by atoms with E-state index < -0.39 is 0 Å². The molecule has 0 spiro atoms. The first kappa shape index (κ1) is 11.6. The fourth-order valence-corrected chi connectivity index (χ4v) is 4.61. The van der Waals surface area contributed by atoms with Gasteiger partial charge in [-0.2, -0.15) is 0 Å². The standard InChI is InChI=1S/C13H14OS2/c1-13(2,3)12-10(14)11(15-16-12)9-7-5-4-6-8-9/h4-8H,1-3H3/p+1. The van der Waals surface area contributed by atoms with Crippen LogP contribution in [0, 0.1) is 0 Å². The molecule has 0 unspecified atom stereocenters. The van der Waals surface area contributed by atoms with Gasteiger partial charge in [0.15, 0.2) is 10.3 Å². The summed E-state index contributed by atoms with van der Waals surface area (Å²) in [7, 11) is 3.32. The van der Waals surface area contributed by atoms with Crippen LogP contribution in [0.2, 0.25) is 0 Å². The summed E-state index contributed by atoms with van der Waals surface area (Å²) < 4.78 is 0. The Labute approximate surface area is 103 Å². The van der Waals surface area contributed by atoms with Crippen molar-refractivity contribution in [2.45, 2.75) is 26.2 Å². The average molecular weight is 251 g/mol. The largest absolute Gasteiger partial charge is 0.502 e. The van der Waals surface area contributed by atoms with Gasteiger partial charge in [-0.15, -0.1) is 0 Å². The molecule has 1 aromatic carbocycles. The molecule has 0 aliphatic heterocycles. The monoisotopic (exact) mass is 251 g/mol. The van der Waals surface area contributed by atoms with E-state index in [9.17, 15) is 5.11 Å². The maximum atomic E-state index is 10.2. The summed E-state index contributed by atoms with van der Waals surface area (Å²) in [6.07, 6.45) is 0. The highest BCUT2D eigenvalue weighted by atomic mass is 32.9. The Hall–Kier alpha value is -0.930. The molecule has 1 nitrogen and oxygen atoms in total. The molecule has 0 amide bonds. The van der Waals surface area contributed by atoms with Gasteiger partial charge in [0.05, 0.1) is 0 Å². The third kappa shape index (κ3) is 2.11. The van der Waals surface area contributed by atoms with Crippen molar-refractivity contribution in [3.8, 4) is 16.2 Å². The minimum atomic E-state index is 0.0122. The normalized spacial score (nSPS) is 11.7. The Bertz CT molecular complexity index is 480. The second-order valence-electron chi connectivity index (χ2n) is 4.79. The lowest BCUT2D eigenvalue weighted by Gasteiger charge is -2.13. The van der Waals surface area contributed by atoms with Crippen LogP contribution in [0.25, 0.3) is 10.4 Å². The van der Waals surface area contributed by atoms with Crippen LogP contribution in [0.5, 0.6) is 5.75 Å². The highest BCUT2D eigenvalue weighted by molar-refractivity contribution is 7.71. The molecule has 0 saturated heterocycles. The summed E-state index contributed by atoms with van der Waals surface area (Å²) in [5.74, 6) is 0.453. The molecule has 1 aromatic heterocycles. The van der Waals surface area contributed by atoms with Gasteiger partial charge in [0.2, 0.25) is 5.75 Å². The van der Waals surface area contributed by atoms with Crippen LogP contribution in [0.4, 0.5) is 0 Å². The molecule has 0 saturated carbocycles. The van der Waals surface area contributed by atoms with Gasteiger partial charge in [0, 0.05) is 11.0 Å². The van der Waals surface area contributed by atoms with Crippen LogP contribution < -0.4 is 0 Å². The van der Waals surface area contributed by atoms with Gasteiger partial charge in [-0.1, -0.05) is 39.0 Å². The molecule has 0 fully saturated rings. The maximum Gasteiger partial charge on any atom is 0.305 e. The second-order valence-corrected chi connectivity index (χ2v) is 6.94. The third-order valence-electron chi connectivity index (χ3n) is 2.36. The van der Waals surface area contributed by atoms with Crippen molar-refractivity contribution in [3.05, 3.63) is 35.2 Å². The summed E-state index contributed by atoms with van der Waals surface area (Å²) in [6, 6.07) is 10.0. The van der Waals surface area contributed by atoms with Crippen LogP contribution in [-0.4, -0.2) is 5.11 Å². The van der Waals surface area contributed by atoms with Crippen molar-refractivity contribution in [1.29, 1.82) is 0 Å². The summed E-state index contributed by atoms with van der Waals surface area (Å²) >= 11 is 0. The van der Waals surface area contributed by atoms with E-state index in [0.717, 1.165) is 15.3 Å². The fraction of sp³-hybridized carbons (Fsp3) is 0.308. The van der Waals surface area contributed by atoms with Crippen molar-refractivity contribution < 1.29 is 5.11 Å².